The van der Waals surface area contributed by atoms with Crippen LogP contribution in [0.15, 0.2) is 41.0 Å². The molecule has 0 saturated carbocycles. The fourth-order valence-electron chi connectivity index (χ4n) is 1.35. The van der Waals surface area contributed by atoms with Gasteiger partial charge in [0.05, 0.1) is 0 Å². The molecule has 0 unspecified atom stereocenters. The van der Waals surface area contributed by atoms with Gasteiger partial charge in [-0.05, 0) is 17.7 Å². The number of anilines is 2. The summed E-state index contributed by atoms with van der Waals surface area (Å²) in [5.74, 6) is 6.36. The topological polar surface area (TPSA) is 75.9 Å². The molecule has 0 fully saturated rings. The molecule has 17 heavy (non-hydrogen) atoms. The molecule has 0 bridgehead atoms. The Kier molecular flexibility index (Phi) is 3.89. The maximum Gasteiger partial charge on any atom is 0.239 e. The average molecular weight is 294 g/mol. The van der Waals surface area contributed by atoms with E-state index in [2.05, 4.69) is 36.6 Å². The van der Waals surface area contributed by atoms with E-state index < -0.39 is 0 Å². The Labute approximate surface area is 108 Å². The van der Waals surface area contributed by atoms with Crippen molar-refractivity contribution in [3.63, 3.8) is 0 Å². The van der Waals surface area contributed by atoms with Gasteiger partial charge in [0.2, 0.25) is 5.95 Å². The van der Waals surface area contributed by atoms with Gasteiger partial charge in [-0.15, -0.1) is 0 Å². The zero-order valence-corrected chi connectivity index (χ0v) is 10.6. The van der Waals surface area contributed by atoms with Crippen LogP contribution in [0.5, 0.6) is 0 Å². The number of aromatic nitrogens is 2. The van der Waals surface area contributed by atoms with E-state index in [1.807, 2.05) is 24.3 Å². The van der Waals surface area contributed by atoms with Crippen LogP contribution < -0.4 is 16.6 Å². The molecule has 0 aliphatic rings. The number of benzene rings is 1. The van der Waals surface area contributed by atoms with Crippen LogP contribution in [0.25, 0.3) is 0 Å². The highest BCUT2D eigenvalue weighted by Gasteiger charge is 2.00. The summed E-state index contributed by atoms with van der Waals surface area (Å²) in [5, 5.41) is 3.20. The van der Waals surface area contributed by atoms with Gasteiger partial charge >= 0.3 is 0 Å². The van der Waals surface area contributed by atoms with Gasteiger partial charge in [-0.25, -0.2) is 10.8 Å². The number of hydrazine groups is 1. The SMILES string of the molecule is NNc1nccc(NCc2ccccc2Br)n1. The molecule has 0 spiro atoms. The van der Waals surface area contributed by atoms with Crippen LogP contribution in [0.4, 0.5) is 11.8 Å². The first-order chi connectivity index (χ1) is 8.29. The summed E-state index contributed by atoms with van der Waals surface area (Å²) in [6.07, 6.45) is 1.64. The lowest BCUT2D eigenvalue weighted by molar-refractivity contribution is 1.06. The second kappa shape index (κ2) is 5.60. The maximum atomic E-state index is 5.24. The number of nitrogens with zero attached hydrogens (tertiary/aromatic N) is 2. The van der Waals surface area contributed by atoms with E-state index in [1.165, 1.54) is 0 Å². The van der Waals surface area contributed by atoms with Crippen LogP contribution in [-0.4, -0.2) is 9.97 Å². The van der Waals surface area contributed by atoms with Crippen molar-refractivity contribution in [3.05, 3.63) is 46.6 Å². The molecule has 6 heteroatoms. The van der Waals surface area contributed by atoms with Gasteiger partial charge in [0.15, 0.2) is 0 Å². The number of nitrogen functional groups attached to an aromatic ring is 1. The van der Waals surface area contributed by atoms with Crippen molar-refractivity contribution in [2.75, 3.05) is 10.7 Å². The van der Waals surface area contributed by atoms with Crippen LogP contribution in [0, 0.1) is 0 Å². The monoisotopic (exact) mass is 293 g/mol. The first-order valence-corrected chi connectivity index (χ1v) is 5.86. The second-order valence-corrected chi connectivity index (χ2v) is 4.21. The van der Waals surface area contributed by atoms with Gasteiger partial charge in [0.1, 0.15) is 5.82 Å². The zero-order valence-electron chi connectivity index (χ0n) is 9.02. The standard InChI is InChI=1S/C11H12BrN5/c12-9-4-2-1-3-8(9)7-15-10-5-6-14-11(16-10)17-13/h1-6H,7,13H2,(H2,14,15,16,17). The molecular weight excluding hydrogens is 282 g/mol. The molecule has 88 valence electrons. The van der Waals surface area contributed by atoms with E-state index in [0.717, 1.165) is 15.9 Å². The minimum absolute atomic E-state index is 0.391. The van der Waals surface area contributed by atoms with Gasteiger partial charge in [0.25, 0.3) is 0 Å². The molecule has 1 heterocycles. The third-order valence-corrected chi connectivity index (χ3v) is 2.98. The lowest BCUT2D eigenvalue weighted by atomic mass is 10.2. The summed E-state index contributed by atoms with van der Waals surface area (Å²) in [7, 11) is 0. The number of nitrogens with two attached hydrogens (primary N) is 1. The summed E-state index contributed by atoms with van der Waals surface area (Å²) < 4.78 is 1.07. The zero-order chi connectivity index (χ0) is 12.1. The van der Waals surface area contributed by atoms with Crippen molar-refractivity contribution in [1.29, 1.82) is 0 Å². The van der Waals surface area contributed by atoms with Gasteiger partial charge < -0.3 is 5.32 Å². The Bertz CT molecular complexity index is 503. The van der Waals surface area contributed by atoms with E-state index in [0.29, 0.717) is 12.5 Å². The second-order valence-electron chi connectivity index (χ2n) is 3.35. The Morgan fingerprint density at radius 1 is 1.24 bits per heavy atom. The van der Waals surface area contributed by atoms with Crippen LogP contribution in [0.1, 0.15) is 5.56 Å². The predicted octanol–water partition coefficient (Wildman–Crippen LogP) is 2.14. The Balaban J connectivity index is 2.05. The molecule has 2 rings (SSSR count). The van der Waals surface area contributed by atoms with Gasteiger partial charge in [-0.1, -0.05) is 34.1 Å². The van der Waals surface area contributed by atoms with Crippen molar-refractivity contribution in [2.45, 2.75) is 6.54 Å². The van der Waals surface area contributed by atoms with E-state index in [9.17, 15) is 0 Å². The predicted molar refractivity (Wildman–Crippen MR) is 71.3 cm³/mol. The lowest BCUT2D eigenvalue weighted by Crippen LogP contribution is -2.11. The van der Waals surface area contributed by atoms with E-state index in [-0.39, 0.29) is 0 Å². The maximum absolute atomic E-state index is 5.24. The quantitative estimate of drug-likeness (QED) is 0.595. The largest absolute Gasteiger partial charge is 0.366 e. The van der Waals surface area contributed by atoms with Crippen LogP contribution in [-0.2, 0) is 6.54 Å². The average Bonchev–Trinajstić information content (AvgIpc) is 2.38. The van der Waals surface area contributed by atoms with Crippen molar-refractivity contribution < 1.29 is 0 Å². The molecule has 5 nitrogen and oxygen atoms in total. The first-order valence-electron chi connectivity index (χ1n) is 5.06. The van der Waals surface area contributed by atoms with Crippen LogP contribution in [0.2, 0.25) is 0 Å². The fraction of sp³-hybridized carbons (Fsp3) is 0.0909. The lowest BCUT2D eigenvalue weighted by Gasteiger charge is -2.07. The molecule has 2 aromatic rings. The minimum atomic E-state index is 0.391. The number of nitrogens with one attached hydrogen (secondary N) is 2. The van der Waals surface area contributed by atoms with Gasteiger partial charge in [0, 0.05) is 17.2 Å². The minimum Gasteiger partial charge on any atom is -0.366 e. The number of rotatable bonds is 4. The normalized spacial score (nSPS) is 10.0. The Morgan fingerprint density at radius 2 is 2.06 bits per heavy atom. The summed E-state index contributed by atoms with van der Waals surface area (Å²) >= 11 is 3.49. The molecule has 4 N–H and O–H groups in total. The van der Waals surface area contributed by atoms with Crippen molar-refractivity contribution in [2.24, 2.45) is 5.84 Å². The van der Waals surface area contributed by atoms with Crippen LogP contribution in [0.3, 0.4) is 0 Å². The molecular formula is C11H12BrN5. The number of halogens is 1. The number of hydrogen-bond donors (Lipinski definition) is 3. The highest BCUT2D eigenvalue weighted by Crippen LogP contribution is 2.17. The summed E-state index contributed by atoms with van der Waals surface area (Å²) in [6.45, 7) is 0.683. The molecule has 0 amide bonds. The van der Waals surface area contributed by atoms with Gasteiger partial charge in [-0.2, -0.15) is 4.98 Å². The molecule has 1 aromatic carbocycles. The van der Waals surface area contributed by atoms with Crippen LogP contribution >= 0.6 is 15.9 Å². The number of hydrogen-bond acceptors (Lipinski definition) is 5. The Morgan fingerprint density at radius 3 is 2.82 bits per heavy atom. The van der Waals surface area contributed by atoms with E-state index in [4.69, 9.17) is 5.84 Å². The fourth-order valence-corrected chi connectivity index (χ4v) is 1.78. The third-order valence-electron chi connectivity index (χ3n) is 2.20. The van der Waals surface area contributed by atoms with Crippen molar-refractivity contribution >= 4 is 27.7 Å². The molecule has 0 radical (unpaired) electrons. The summed E-state index contributed by atoms with van der Waals surface area (Å²) in [5.41, 5.74) is 3.57. The summed E-state index contributed by atoms with van der Waals surface area (Å²) in [6, 6.07) is 9.81. The highest BCUT2D eigenvalue weighted by atomic mass is 79.9. The molecule has 0 atom stereocenters. The highest BCUT2D eigenvalue weighted by molar-refractivity contribution is 9.10. The third kappa shape index (κ3) is 3.15. The van der Waals surface area contributed by atoms with Crippen molar-refractivity contribution in [1.82, 2.24) is 9.97 Å². The molecule has 0 aliphatic heterocycles. The van der Waals surface area contributed by atoms with E-state index in [1.54, 1.807) is 12.3 Å². The first kappa shape index (κ1) is 11.8. The summed E-state index contributed by atoms with van der Waals surface area (Å²) in [4.78, 5) is 8.10. The molecule has 0 saturated heterocycles. The molecule has 0 aliphatic carbocycles. The van der Waals surface area contributed by atoms with E-state index >= 15 is 0 Å². The molecule has 1 aromatic heterocycles. The van der Waals surface area contributed by atoms with Gasteiger partial charge in [-0.3, -0.25) is 5.43 Å². The smallest absolute Gasteiger partial charge is 0.239 e. The Hall–Kier alpha value is -1.66. The van der Waals surface area contributed by atoms with Crippen molar-refractivity contribution in [3.8, 4) is 0 Å².